The van der Waals surface area contributed by atoms with Crippen molar-refractivity contribution in [3.8, 4) is 33.4 Å². The molecular weight excluding hydrogens is 583 g/mol. The lowest BCUT2D eigenvalue weighted by Gasteiger charge is -2.27. The number of para-hydroxylation sites is 1. The molecule has 0 fully saturated rings. The average Bonchev–Trinajstić information content (AvgIpc) is 3.57. The highest BCUT2D eigenvalue weighted by atomic mass is 16.3. The zero-order chi connectivity index (χ0) is 31.9. The maximum atomic E-state index is 6.75. The molecule has 0 aliphatic rings. The third kappa shape index (κ3) is 4.83. The first-order valence-electron chi connectivity index (χ1n) is 16.4. The number of furan rings is 1. The topological polar surface area (TPSA) is 16.4 Å². The van der Waals surface area contributed by atoms with E-state index in [1.807, 2.05) is 6.07 Å². The maximum absolute atomic E-state index is 6.75. The van der Waals surface area contributed by atoms with Crippen LogP contribution in [0.2, 0.25) is 0 Å². The summed E-state index contributed by atoms with van der Waals surface area (Å²) in [7, 11) is 0. The summed E-state index contributed by atoms with van der Waals surface area (Å²) in [6, 6.07) is 66.8. The Balaban J connectivity index is 1.33. The van der Waals surface area contributed by atoms with Gasteiger partial charge in [-0.3, -0.25) is 0 Å². The van der Waals surface area contributed by atoms with Crippen molar-refractivity contribution in [3.63, 3.8) is 0 Å². The molecule has 8 aromatic carbocycles. The second-order valence-corrected chi connectivity index (χ2v) is 12.1. The van der Waals surface area contributed by atoms with E-state index in [4.69, 9.17) is 4.42 Å². The quantitative estimate of drug-likeness (QED) is 0.185. The summed E-state index contributed by atoms with van der Waals surface area (Å²) in [5, 5.41) is 4.45. The van der Waals surface area contributed by atoms with Crippen LogP contribution in [0.25, 0.3) is 66.1 Å². The van der Waals surface area contributed by atoms with Gasteiger partial charge in [0.05, 0.1) is 11.1 Å². The lowest BCUT2D eigenvalue weighted by molar-refractivity contribution is 0.672. The lowest BCUT2D eigenvalue weighted by atomic mass is 9.95. The van der Waals surface area contributed by atoms with Crippen LogP contribution in [0.3, 0.4) is 0 Å². The molecule has 1 aromatic heterocycles. The van der Waals surface area contributed by atoms with Gasteiger partial charge in [-0.15, -0.1) is 0 Å². The Bertz CT molecular complexity index is 2430. The summed E-state index contributed by atoms with van der Waals surface area (Å²) in [4.78, 5) is 2.38. The van der Waals surface area contributed by atoms with Crippen LogP contribution in [0.1, 0.15) is 0 Å². The van der Waals surface area contributed by atoms with Gasteiger partial charge in [-0.25, -0.2) is 0 Å². The van der Waals surface area contributed by atoms with Gasteiger partial charge in [0.25, 0.3) is 0 Å². The third-order valence-corrected chi connectivity index (χ3v) is 9.27. The second kappa shape index (κ2) is 11.8. The Labute approximate surface area is 279 Å². The normalized spacial score (nSPS) is 11.3. The van der Waals surface area contributed by atoms with Crippen molar-refractivity contribution in [1.29, 1.82) is 0 Å². The largest absolute Gasteiger partial charge is 0.455 e. The van der Waals surface area contributed by atoms with Crippen molar-refractivity contribution in [2.45, 2.75) is 0 Å². The molecular formula is C46H31NO. The first-order valence-corrected chi connectivity index (χ1v) is 16.4. The minimum absolute atomic E-state index is 0.880. The van der Waals surface area contributed by atoms with Crippen molar-refractivity contribution < 1.29 is 4.42 Å². The fourth-order valence-electron chi connectivity index (χ4n) is 6.96. The van der Waals surface area contributed by atoms with Crippen LogP contribution >= 0.6 is 0 Å². The van der Waals surface area contributed by atoms with Gasteiger partial charge in [0.2, 0.25) is 0 Å². The fourth-order valence-corrected chi connectivity index (χ4v) is 6.96. The van der Waals surface area contributed by atoms with Gasteiger partial charge in [-0.1, -0.05) is 152 Å². The molecule has 0 aliphatic carbocycles. The second-order valence-electron chi connectivity index (χ2n) is 12.1. The zero-order valence-corrected chi connectivity index (χ0v) is 26.3. The van der Waals surface area contributed by atoms with E-state index in [1.54, 1.807) is 0 Å². The summed E-state index contributed by atoms with van der Waals surface area (Å²) in [5.74, 6) is 0. The Morgan fingerprint density at radius 1 is 0.354 bits per heavy atom. The molecule has 1 heterocycles. The Hall–Kier alpha value is -6.38. The van der Waals surface area contributed by atoms with Crippen LogP contribution in [0.5, 0.6) is 0 Å². The summed E-state index contributed by atoms with van der Waals surface area (Å²) in [5.41, 5.74) is 12.1. The van der Waals surface area contributed by atoms with Crippen molar-refractivity contribution in [1.82, 2.24) is 0 Å². The number of fused-ring (bicyclic) bond motifs is 5. The monoisotopic (exact) mass is 613 g/mol. The Morgan fingerprint density at radius 3 is 1.42 bits per heavy atom. The van der Waals surface area contributed by atoms with Gasteiger partial charge >= 0.3 is 0 Å². The predicted molar refractivity (Wildman–Crippen MR) is 202 cm³/mol. The van der Waals surface area contributed by atoms with E-state index in [2.05, 4.69) is 187 Å². The number of anilines is 3. The van der Waals surface area contributed by atoms with Crippen molar-refractivity contribution in [2.24, 2.45) is 0 Å². The van der Waals surface area contributed by atoms with Gasteiger partial charge in [-0.05, 0) is 75.2 Å². The zero-order valence-electron chi connectivity index (χ0n) is 26.3. The van der Waals surface area contributed by atoms with E-state index >= 15 is 0 Å². The van der Waals surface area contributed by atoms with Gasteiger partial charge in [-0.2, -0.15) is 0 Å². The van der Waals surface area contributed by atoms with Crippen LogP contribution < -0.4 is 4.90 Å². The highest BCUT2D eigenvalue weighted by molar-refractivity contribution is 6.23. The van der Waals surface area contributed by atoms with Crippen molar-refractivity contribution >= 4 is 49.8 Å². The van der Waals surface area contributed by atoms with Gasteiger partial charge < -0.3 is 9.32 Å². The molecule has 2 nitrogen and oxygen atoms in total. The molecule has 0 aliphatic heterocycles. The van der Waals surface area contributed by atoms with Gasteiger partial charge in [0.15, 0.2) is 0 Å². The molecule has 0 radical (unpaired) electrons. The van der Waals surface area contributed by atoms with E-state index in [1.165, 1.54) is 33.4 Å². The molecule has 0 saturated heterocycles. The molecule has 2 heteroatoms. The van der Waals surface area contributed by atoms with Crippen LogP contribution in [0.4, 0.5) is 17.1 Å². The number of rotatable bonds is 6. The molecule has 226 valence electrons. The summed E-state index contributed by atoms with van der Waals surface area (Å²) in [6.45, 7) is 0. The molecule has 0 saturated carbocycles. The molecule has 9 aromatic rings. The number of hydrogen-bond donors (Lipinski definition) is 0. The minimum atomic E-state index is 0.880. The number of nitrogens with zero attached hydrogens (tertiary/aromatic N) is 1. The smallest absolute Gasteiger partial charge is 0.145 e. The van der Waals surface area contributed by atoms with E-state index in [-0.39, 0.29) is 0 Å². The van der Waals surface area contributed by atoms with Crippen molar-refractivity contribution in [2.75, 3.05) is 4.90 Å². The molecule has 0 atom stereocenters. The van der Waals surface area contributed by atoms with Crippen LogP contribution in [0.15, 0.2) is 192 Å². The average molecular weight is 614 g/mol. The Morgan fingerprint density at radius 2 is 0.833 bits per heavy atom. The van der Waals surface area contributed by atoms with Crippen molar-refractivity contribution in [3.05, 3.63) is 188 Å². The third-order valence-electron chi connectivity index (χ3n) is 9.27. The molecule has 0 bridgehead atoms. The molecule has 0 spiro atoms. The predicted octanol–water partition coefficient (Wildman–Crippen LogP) is 13.2. The molecule has 48 heavy (non-hydrogen) atoms. The lowest BCUT2D eigenvalue weighted by Crippen LogP contribution is -2.10. The number of benzene rings is 8. The number of hydrogen-bond acceptors (Lipinski definition) is 2. The van der Waals surface area contributed by atoms with Crippen LogP contribution in [-0.2, 0) is 0 Å². The molecule has 0 amide bonds. The standard InChI is InChI=1S/C46H31NO/c1-4-13-32(14-5-1)34-23-27-37(28-24-34)47(38-29-25-35(26-30-38)33-15-6-2-7-16-33)43-31-42-39(36-17-8-3-9-18-36)20-12-21-40(42)46-45(43)41-19-10-11-22-44(41)48-46/h1-31H. The van der Waals surface area contributed by atoms with Crippen LogP contribution in [-0.4, -0.2) is 0 Å². The SMILES string of the molecule is c1ccc(-c2ccc(N(c3ccc(-c4ccccc4)cc3)c3cc4c(-c5ccccc5)cccc4c4oc5ccccc5c34)cc2)cc1. The van der Waals surface area contributed by atoms with E-state index in [0.29, 0.717) is 0 Å². The summed E-state index contributed by atoms with van der Waals surface area (Å²) < 4.78 is 6.75. The van der Waals surface area contributed by atoms with Gasteiger partial charge in [0.1, 0.15) is 11.2 Å². The van der Waals surface area contributed by atoms with E-state index in [9.17, 15) is 0 Å². The van der Waals surface area contributed by atoms with E-state index in [0.717, 1.165) is 49.8 Å². The summed E-state index contributed by atoms with van der Waals surface area (Å²) >= 11 is 0. The Kier molecular flexibility index (Phi) is 6.84. The first kappa shape index (κ1) is 27.9. The maximum Gasteiger partial charge on any atom is 0.145 e. The molecule has 0 N–H and O–H groups in total. The minimum Gasteiger partial charge on any atom is -0.455 e. The highest BCUT2D eigenvalue weighted by Gasteiger charge is 2.23. The van der Waals surface area contributed by atoms with Gasteiger partial charge in [0, 0.05) is 22.1 Å². The molecule has 9 rings (SSSR count). The summed E-state index contributed by atoms with van der Waals surface area (Å²) in [6.07, 6.45) is 0. The highest BCUT2D eigenvalue weighted by Crippen LogP contribution is 2.47. The first-order chi connectivity index (χ1) is 23.8. The molecule has 0 unspecified atom stereocenters. The fraction of sp³-hybridized carbons (Fsp3) is 0. The van der Waals surface area contributed by atoms with E-state index < -0.39 is 0 Å². The van der Waals surface area contributed by atoms with Crippen LogP contribution in [0, 0.1) is 0 Å².